The van der Waals surface area contributed by atoms with Crippen LogP contribution in [0.3, 0.4) is 0 Å². The van der Waals surface area contributed by atoms with Gasteiger partial charge < -0.3 is 19.5 Å². The number of amides is 2. The number of aryl methyl sites for hydroxylation is 1. The van der Waals surface area contributed by atoms with Crippen LogP contribution in [0.1, 0.15) is 18.9 Å². The Kier molecular flexibility index (Phi) is 8.42. The average molecular weight is 352 g/mol. The Balaban J connectivity index is 2.69. The van der Waals surface area contributed by atoms with Crippen molar-refractivity contribution in [2.24, 2.45) is 5.41 Å². The molecule has 0 spiro atoms. The van der Waals surface area contributed by atoms with Crippen LogP contribution >= 0.6 is 0 Å². The third kappa shape index (κ3) is 6.42. The molecule has 0 bridgehead atoms. The summed E-state index contributed by atoms with van der Waals surface area (Å²) < 4.78 is 15.3. The summed E-state index contributed by atoms with van der Waals surface area (Å²) in [6, 6.07) is 5.09. The molecule has 1 atom stereocenters. The van der Waals surface area contributed by atoms with Gasteiger partial charge in [0.2, 0.25) is 6.41 Å². The van der Waals surface area contributed by atoms with E-state index < -0.39 is 11.5 Å². The molecule has 2 amide bonds. The second kappa shape index (κ2) is 10.3. The van der Waals surface area contributed by atoms with Crippen LogP contribution < -0.4 is 10.6 Å². The van der Waals surface area contributed by atoms with E-state index in [1.165, 1.54) is 7.11 Å². The summed E-state index contributed by atoms with van der Waals surface area (Å²) in [6.45, 7) is 4.48. The SMILES string of the molecule is CCC(COC)(COC=O)COC(=O)Nc1ccc(C)c(NC=O)c1. The summed E-state index contributed by atoms with van der Waals surface area (Å²) in [6.07, 6.45) is 0.512. The molecular formula is C17H24N2O6. The first-order chi connectivity index (χ1) is 12.0. The fourth-order valence-electron chi connectivity index (χ4n) is 2.24. The Morgan fingerprint density at radius 2 is 2.00 bits per heavy atom. The molecule has 0 aliphatic carbocycles. The van der Waals surface area contributed by atoms with Crippen molar-refractivity contribution in [2.45, 2.75) is 20.3 Å². The summed E-state index contributed by atoms with van der Waals surface area (Å²) in [4.78, 5) is 33.1. The Morgan fingerprint density at radius 3 is 2.60 bits per heavy atom. The smallest absolute Gasteiger partial charge is 0.411 e. The van der Waals surface area contributed by atoms with Crippen LogP contribution in [0.25, 0.3) is 0 Å². The minimum atomic E-state index is -0.652. The fraction of sp³-hybridized carbons (Fsp3) is 0.471. The van der Waals surface area contributed by atoms with Crippen LogP contribution in [0.5, 0.6) is 0 Å². The number of carbonyl (C=O) groups excluding carboxylic acids is 3. The highest BCUT2D eigenvalue weighted by molar-refractivity contribution is 5.86. The van der Waals surface area contributed by atoms with Crippen LogP contribution in [-0.2, 0) is 23.8 Å². The van der Waals surface area contributed by atoms with Gasteiger partial charge in [0.05, 0.1) is 12.0 Å². The number of anilines is 2. The molecular weight excluding hydrogens is 328 g/mol. The van der Waals surface area contributed by atoms with Gasteiger partial charge in [-0.3, -0.25) is 14.9 Å². The lowest BCUT2D eigenvalue weighted by molar-refractivity contribution is -0.135. The third-order valence-corrected chi connectivity index (χ3v) is 3.87. The zero-order valence-electron chi connectivity index (χ0n) is 14.7. The van der Waals surface area contributed by atoms with Gasteiger partial charge in [-0.15, -0.1) is 0 Å². The Bertz CT molecular complexity index is 593. The Morgan fingerprint density at radius 1 is 1.24 bits per heavy atom. The minimum absolute atomic E-state index is 0.0301. The zero-order chi connectivity index (χ0) is 18.7. The third-order valence-electron chi connectivity index (χ3n) is 3.87. The normalized spacial score (nSPS) is 12.6. The molecule has 0 fully saturated rings. The van der Waals surface area contributed by atoms with E-state index in [0.29, 0.717) is 30.7 Å². The zero-order valence-corrected chi connectivity index (χ0v) is 14.7. The number of hydrogen-bond acceptors (Lipinski definition) is 6. The van der Waals surface area contributed by atoms with Gasteiger partial charge in [-0.05, 0) is 31.0 Å². The molecule has 0 radical (unpaired) electrons. The van der Waals surface area contributed by atoms with Gasteiger partial charge in [0, 0.05) is 18.5 Å². The number of nitrogens with one attached hydrogen (secondary N) is 2. The summed E-state index contributed by atoms with van der Waals surface area (Å²) in [7, 11) is 1.53. The molecule has 138 valence electrons. The van der Waals surface area contributed by atoms with Gasteiger partial charge in [0.25, 0.3) is 6.47 Å². The molecule has 25 heavy (non-hydrogen) atoms. The Labute approximate surface area is 146 Å². The second-order valence-electron chi connectivity index (χ2n) is 5.69. The number of rotatable bonds is 11. The fourth-order valence-corrected chi connectivity index (χ4v) is 2.24. The van der Waals surface area contributed by atoms with Crippen molar-refractivity contribution in [3.05, 3.63) is 23.8 Å². The maximum absolute atomic E-state index is 12.0. The van der Waals surface area contributed by atoms with Crippen LogP contribution in [0, 0.1) is 12.3 Å². The van der Waals surface area contributed by atoms with Gasteiger partial charge in [0.15, 0.2) is 0 Å². The Hall–Kier alpha value is -2.61. The van der Waals surface area contributed by atoms with E-state index in [-0.39, 0.29) is 19.8 Å². The van der Waals surface area contributed by atoms with E-state index >= 15 is 0 Å². The van der Waals surface area contributed by atoms with Crippen LogP contribution in [-0.4, -0.2) is 45.9 Å². The molecule has 8 nitrogen and oxygen atoms in total. The summed E-state index contributed by atoms with van der Waals surface area (Å²) in [5.74, 6) is 0. The van der Waals surface area contributed by atoms with E-state index in [2.05, 4.69) is 10.6 Å². The molecule has 1 aromatic rings. The molecule has 1 aromatic carbocycles. The topological polar surface area (TPSA) is 103 Å². The average Bonchev–Trinajstić information content (AvgIpc) is 2.61. The van der Waals surface area contributed by atoms with Crippen molar-refractivity contribution in [1.82, 2.24) is 0 Å². The quantitative estimate of drug-likeness (QED) is 0.593. The highest BCUT2D eigenvalue weighted by Crippen LogP contribution is 2.24. The first-order valence-corrected chi connectivity index (χ1v) is 7.79. The molecule has 0 aliphatic heterocycles. The predicted octanol–water partition coefficient (Wildman–Crippen LogP) is 2.33. The molecule has 0 saturated heterocycles. The van der Waals surface area contributed by atoms with Crippen molar-refractivity contribution in [3.63, 3.8) is 0 Å². The number of benzene rings is 1. The molecule has 1 unspecified atom stereocenters. The van der Waals surface area contributed by atoms with E-state index in [4.69, 9.17) is 14.2 Å². The van der Waals surface area contributed by atoms with Crippen molar-refractivity contribution in [3.8, 4) is 0 Å². The molecule has 0 saturated carbocycles. The lowest BCUT2D eigenvalue weighted by Crippen LogP contribution is -2.37. The number of ether oxygens (including phenoxy) is 3. The number of hydrogen-bond donors (Lipinski definition) is 2. The molecule has 0 aliphatic rings. The summed E-state index contributed by atoms with van der Waals surface area (Å²) in [5.41, 5.74) is 1.33. The van der Waals surface area contributed by atoms with Crippen LogP contribution in [0.2, 0.25) is 0 Å². The summed E-state index contributed by atoms with van der Waals surface area (Å²) in [5, 5.41) is 5.15. The molecule has 2 N–H and O–H groups in total. The monoisotopic (exact) mass is 352 g/mol. The minimum Gasteiger partial charge on any atom is -0.467 e. The van der Waals surface area contributed by atoms with E-state index in [1.807, 2.05) is 13.8 Å². The molecule has 0 aromatic heterocycles. The molecule has 1 rings (SSSR count). The second-order valence-corrected chi connectivity index (χ2v) is 5.69. The molecule has 8 heteroatoms. The first kappa shape index (κ1) is 20.4. The van der Waals surface area contributed by atoms with Crippen molar-refractivity contribution < 1.29 is 28.6 Å². The van der Waals surface area contributed by atoms with Gasteiger partial charge in [-0.1, -0.05) is 13.0 Å². The summed E-state index contributed by atoms with van der Waals surface area (Å²) >= 11 is 0. The predicted molar refractivity (Wildman–Crippen MR) is 92.5 cm³/mol. The van der Waals surface area contributed by atoms with Crippen molar-refractivity contribution in [1.29, 1.82) is 0 Å². The number of carbonyl (C=O) groups is 3. The van der Waals surface area contributed by atoms with E-state index in [0.717, 1.165) is 5.56 Å². The van der Waals surface area contributed by atoms with Gasteiger partial charge in [-0.2, -0.15) is 0 Å². The van der Waals surface area contributed by atoms with Crippen LogP contribution in [0.4, 0.5) is 16.2 Å². The first-order valence-electron chi connectivity index (χ1n) is 7.79. The van der Waals surface area contributed by atoms with Crippen molar-refractivity contribution in [2.75, 3.05) is 37.6 Å². The van der Waals surface area contributed by atoms with Gasteiger partial charge in [0.1, 0.15) is 13.2 Å². The van der Waals surface area contributed by atoms with E-state index in [9.17, 15) is 14.4 Å². The van der Waals surface area contributed by atoms with E-state index in [1.54, 1.807) is 18.2 Å². The highest BCUT2D eigenvalue weighted by atomic mass is 16.6. The van der Waals surface area contributed by atoms with Gasteiger partial charge in [-0.25, -0.2) is 4.79 Å². The maximum Gasteiger partial charge on any atom is 0.411 e. The lowest BCUT2D eigenvalue weighted by Gasteiger charge is -2.30. The maximum atomic E-state index is 12.0. The van der Waals surface area contributed by atoms with Crippen molar-refractivity contribution >= 4 is 30.4 Å². The van der Waals surface area contributed by atoms with Gasteiger partial charge >= 0.3 is 6.09 Å². The lowest BCUT2D eigenvalue weighted by atomic mass is 9.88. The highest BCUT2D eigenvalue weighted by Gasteiger charge is 2.31. The number of methoxy groups -OCH3 is 1. The standard InChI is InChI=1S/C17H24N2O6/c1-4-17(8-23-3,9-24-12-21)10-25-16(22)19-14-6-5-13(2)15(7-14)18-11-20/h5-7,11-12H,4,8-10H2,1-3H3,(H,18,20)(H,19,22). The largest absolute Gasteiger partial charge is 0.467 e. The van der Waals surface area contributed by atoms with Crippen LogP contribution in [0.15, 0.2) is 18.2 Å². The molecule has 0 heterocycles.